The maximum atomic E-state index is 10.9. The van der Waals surface area contributed by atoms with Crippen LogP contribution in [0.4, 0.5) is 4.79 Å². The molecule has 1 saturated heterocycles. The molecule has 1 unspecified atom stereocenters. The highest BCUT2D eigenvalue weighted by Crippen LogP contribution is 2.12. The van der Waals surface area contributed by atoms with Gasteiger partial charge in [0.05, 0.1) is 6.61 Å². The van der Waals surface area contributed by atoms with Crippen molar-refractivity contribution in [3.63, 3.8) is 0 Å². The zero-order valence-corrected chi connectivity index (χ0v) is 11.1. The minimum Gasteiger partial charge on any atom is -0.494 e. The molecule has 1 aromatic rings. The van der Waals surface area contributed by atoms with Gasteiger partial charge in [-0.1, -0.05) is 17.7 Å². The van der Waals surface area contributed by atoms with Gasteiger partial charge in [0.25, 0.3) is 0 Å². The summed E-state index contributed by atoms with van der Waals surface area (Å²) in [5.74, 6) is 0.858. The number of carbonyl (C=O) groups is 1. The maximum absolute atomic E-state index is 10.9. The molecular weight excluding hydrogens is 244 g/mol. The Kier molecular flexibility index (Phi) is 4.63. The predicted octanol–water partition coefficient (Wildman–Crippen LogP) is 1.72. The first-order valence-corrected chi connectivity index (χ1v) is 6.56. The van der Waals surface area contributed by atoms with Crippen molar-refractivity contribution in [2.75, 3.05) is 26.2 Å². The van der Waals surface area contributed by atoms with Crippen LogP contribution < -0.4 is 10.1 Å². The van der Waals surface area contributed by atoms with Gasteiger partial charge in [-0.05, 0) is 25.5 Å². The Morgan fingerprint density at radius 3 is 2.89 bits per heavy atom. The van der Waals surface area contributed by atoms with E-state index in [2.05, 4.69) is 5.32 Å². The summed E-state index contributed by atoms with van der Waals surface area (Å²) in [6, 6.07) is 8.11. The molecule has 5 heteroatoms. The first kappa shape index (κ1) is 13.7. The van der Waals surface area contributed by atoms with Crippen LogP contribution in [0.15, 0.2) is 24.3 Å². The van der Waals surface area contributed by atoms with Gasteiger partial charge < -0.3 is 20.1 Å². The lowest BCUT2D eigenvalue weighted by atomic mass is 10.1. The zero-order valence-electron chi connectivity index (χ0n) is 11.1. The van der Waals surface area contributed by atoms with Crippen LogP contribution in [0.25, 0.3) is 0 Å². The predicted molar refractivity (Wildman–Crippen MR) is 72.7 cm³/mol. The number of benzene rings is 1. The molecule has 0 aliphatic carbocycles. The third-order valence-corrected chi connectivity index (χ3v) is 3.28. The molecular formula is C14H20N2O3. The highest BCUT2D eigenvalue weighted by molar-refractivity contribution is 5.65. The smallest absolute Gasteiger partial charge is 0.407 e. The maximum Gasteiger partial charge on any atom is 0.407 e. The van der Waals surface area contributed by atoms with Gasteiger partial charge in [-0.2, -0.15) is 0 Å². The minimum absolute atomic E-state index is 0.176. The van der Waals surface area contributed by atoms with Crippen molar-refractivity contribution < 1.29 is 14.6 Å². The summed E-state index contributed by atoms with van der Waals surface area (Å²) < 4.78 is 5.65. The molecule has 1 fully saturated rings. The van der Waals surface area contributed by atoms with Gasteiger partial charge in [-0.25, -0.2) is 4.79 Å². The van der Waals surface area contributed by atoms with Crippen molar-refractivity contribution in [2.45, 2.75) is 19.4 Å². The number of nitrogens with zero attached hydrogens (tertiary/aromatic N) is 1. The van der Waals surface area contributed by atoms with Gasteiger partial charge in [0.15, 0.2) is 0 Å². The SMILES string of the molecule is Cc1ccc(OCCC2CN(C(=O)O)CCN2)cc1. The van der Waals surface area contributed by atoms with E-state index in [0.717, 1.165) is 12.2 Å². The molecule has 0 spiro atoms. The van der Waals surface area contributed by atoms with Crippen molar-refractivity contribution in [3.8, 4) is 5.75 Å². The highest BCUT2D eigenvalue weighted by atomic mass is 16.5. The molecule has 1 amide bonds. The molecule has 19 heavy (non-hydrogen) atoms. The molecule has 2 rings (SSSR count). The molecule has 0 radical (unpaired) electrons. The molecule has 1 heterocycles. The molecule has 0 aromatic heterocycles. The lowest BCUT2D eigenvalue weighted by Crippen LogP contribution is -2.52. The quantitative estimate of drug-likeness (QED) is 0.869. The standard InChI is InChI=1S/C14H20N2O3/c1-11-2-4-13(5-3-11)19-9-6-12-10-16(14(17)18)8-7-15-12/h2-5,12,15H,6-10H2,1H3,(H,17,18). The number of nitrogens with one attached hydrogen (secondary N) is 1. The van der Waals surface area contributed by atoms with Crippen LogP contribution >= 0.6 is 0 Å². The number of carboxylic acid groups (broad SMARTS) is 1. The van der Waals surface area contributed by atoms with Crippen LogP contribution in [-0.4, -0.2) is 48.4 Å². The number of aryl methyl sites for hydroxylation is 1. The van der Waals surface area contributed by atoms with E-state index in [1.807, 2.05) is 31.2 Å². The minimum atomic E-state index is -0.842. The second kappa shape index (κ2) is 6.43. The Balaban J connectivity index is 1.73. The lowest BCUT2D eigenvalue weighted by molar-refractivity contribution is 0.124. The summed E-state index contributed by atoms with van der Waals surface area (Å²) in [5.41, 5.74) is 1.21. The topological polar surface area (TPSA) is 61.8 Å². The van der Waals surface area contributed by atoms with Crippen molar-refractivity contribution >= 4 is 6.09 Å². The van der Waals surface area contributed by atoms with Crippen molar-refractivity contribution in [2.24, 2.45) is 0 Å². The number of rotatable bonds is 4. The van der Waals surface area contributed by atoms with Crippen molar-refractivity contribution in [1.82, 2.24) is 10.2 Å². The van der Waals surface area contributed by atoms with Crippen LogP contribution in [0, 0.1) is 6.92 Å². The first-order chi connectivity index (χ1) is 9.15. The van der Waals surface area contributed by atoms with E-state index in [4.69, 9.17) is 9.84 Å². The van der Waals surface area contributed by atoms with Gasteiger partial charge in [-0.3, -0.25) is 0 Å². The summed E-state index contributed by atoms with van der Waals surface area (Å²) in [6.45, 7) is 4.43. The van der Waals surface area contributed by atoms with E-state index in [1.54, 1.807) is 0 Å². The van der Waals surface area contributed by atoms with Crippen LogP contribution in [0.5, 0.6) is 5.75 Å². The monoisotopic (exact) mass is 264 g/mol. The fourth-order valence-electron chi connectivity index (χ4n) is 2.15. The third kappa shape index (κ3) is 4.13. The van der Waals surface area contributed by atoms with E-state index in [0.29, 0.717) is 26.2 Å². The van der Waals surface area contributed by atoms with Gasteiger partial charge in [0, 0.05) is 25.7 Å². The molecule has 5 nitrogen and oxygen atoms in total. The van der Waals surface area contributed by atoms with Gasteiger partial charge in [-0.15, -0.1) is 0 Å². The number of hydrogen-bond donors (Lipinski definition) is 2. The Labute approximate surface area is 113 Å². The third-order valence-electron chi connectivity index (χ3n) is 3.28. The van der Waals surface area contributed by atoms with Crippen LogP contribution in [0.3, 0.4) is 0 Å². The summed E-state index contributed by atoms with van der Waals surface area (Å²) in [6.07, 6.45) is -0.0385. The average Bonchev–Trinajstić information content (AvgIpc) is 2.41. The van der Waals surface area contributed by atoms with Crippen molar-refractivity contribution in [3.05, 3.63) is 29.8 Å². The van der Waals surface area contributed by atoms with E-state index in [9.17, 15) is 4.79 Å². The van der Waals surface area contributed by atoms with Gasteiger partial charge >= 0.3 is 6.09 Å². The molecule has 0 saturated carbocycles. The van der Waals surface area contributed by atoms with Crippen LogP contribution in [0.1, 0.15) is 12.0 Å². The van der Waals surface area contributed by atoms with Crippen LogP contribution in [-0.2, 0) is 0 Å². The van der Waals surface area contributed by atoms with Gasteiger partial charge in [0.1, 0.15) is 5.75 Å². The molecule has 104 valence electrons. The summed E-state index contributed by atoms with van der Waals surface area (Å²) >= 11 is 0. The average molecular weight is 264 g/mol. The zero-order chi connectivity index (χ0) is 13.7. The Bertz CT molecular complexity index is 419. The molecule has 1 aliphatic rings. The summed E-state index contributed by atoms with van der Waals surface area (Å²) in [7, 11) is 0. The summed E-state index contributed by atoms with van der Waals surface area (Å²) in [5, 5.41) is 12.3. The fourth-order valence-corrected chi connectivity index (χ4v) is 2.15. The highest BCUT2D eigenvalue weighted by Gasteiger charge is 2.22. The number of hydrogen-bond acceptors (Lipinski definition) is 3. The summed E-state index contributed by atoms with van der Waals surface area (Å²) in [4.78, 5) is 12.3. The van der Waals surface area contributed by atoms with Crippen molar-refractivity contribution in [1.29, 1.82) is 0 Å². The molecule has 2 N–H and O–H groups in total. The Morgan fingerprint density at radius 1 is 1.47 bits per heavy atom. The first-order valence-electron chi connectivity index (χ1n) is 6.56. The van der Waals surface area contributed by atoms with Crippen LogP contribution in [0.2, 0.25) is 0 Å². The second-order valence-electron chi connectivity index (χ2n) is 4.83. The second-order valence-corrected chi connectivity index (χ2v) is 4.83. The number of piperazine rings is 1. The molecule has 0 bridgehead atoms. The Morgan fingerprint density at radius 2 is 2.21 bits per heavy atom. The molecule has 1 aromatic carbocycles. The number of ether oxygens (including phenoxy) is 1. The Hall–Kier alpha value is -1.75. The van der Waals surface area contributed by atoms with Gasteiger partial charge in [0.2, 0.25) is 0 Å². The largest absolute Gasteiger partial charge is 0.494 e. The van der Waals surface area contributed by atoms with E-state index in [-0.39, 0.29) is 6.04 Å². The fraction of sp³-hybridized carbons (Fsp3) is 0.500. The molecule has 1 atom stereocenters. The molecule has 1 aliphatic heterocycles. The number of amides is 1. The van der Waals surface area contributed by atoms with E-state index < -0.39 is 6.09 Å². The normalized spacial score (nSPS) is 19.2. The lowest BCUT2D eigenvalue weighted by Gasteiger charge is -2.31. The van der Waals surface area contributed by atoms with E-state index in [1.165, 1.54) is 10.5 Å². The van der Waals surface area contributed by atoms with E-state index >= 15 is 0 Å².